The molecular weight excluding hydrogens is 262 g/mol. The van der Waals surface area contributed by atoms with Gasteiger partial charge in [0.25, 0.3) is 5.72 Å². The van der Waals surface area contributed by atoms with Gasteiger partial charge in [-0.15, -0.1) is 0 Å². The molecule has 1 unspecified atom stereocenters. The fourth-order valence-corrected chi connectivity index (χ4v) is 2.08. The molecule has 0 radical (unpaired) electrons. The topological polar surface area (TPSA) is 84.9 Å². The van der Waals surface area contributed by atoms with Crippen LogP contribution in [0.1, 0.15) is 52.4 Å². The van der Waals surface area contributed by atoms with Gasteiger partial charge in [0.15, 0.2) is 0 Å². The van der Waals surface area contributed by atoms with E-state index < -0.39 is 23.7 Å². The molecule has 20 heavy (non-hydrogen) atoms. The van der Waals surface area contributed by atoms with Gasteiger partial charge < -0.3 is 19.9 Å². The second-order valence-electron chi connectivity index (χ2n) is 5.07. The summed E-state index contributed by atoms with van der Waals surface area (Å²) in [5, 5.41) is 12.5. The van der Waals surface area contributed by atoms with Gasteiger partial charge in [0.2, 0.25) is 5.91 Å². The van der Waals surface area contributed by atoms with Gasteiger partial charge >= 0.3 is 5.97 Å². The van der Waals surface area contributed by atoms with E-state index in [1.54, 1.807) is 0 Å². The van der Waals surface area contributed by atoms with Crippen molar-refractivity contribution in [2.45, 2.75) is 64.2 Å². The summed E-state index contributed by atoms with van der Waals surface area (Å²) in [7, 11) is 0. The van der Waals surface area contributed by atoms with Gasteiger partial charge in [0.05, 0.1) is 13.0 Å². The number of esters is 1. The number of ether oxygens (including phenoxy) is 2. The maximum atomic E-state index is 11.9. The van der Waals surface area contributed by atoms with Crippen LogP contribution in [0.3, 0.4) is 0 Å². The first-order valence-electron chi connectivity index (χ1n) is 7.36. The molecule has 0 spiro atoms. The molecule has 2 atom stereocenters. The fourth-order valence-electron chi connectivity index (χ4n) is 2.08. The van der Waals surface area contributed by atoms with Crippen molar-refractivity contribution in [3.8, 4) is 0 Å². The van der Waals surface area contributed by atoms with E-state index in [0.717, 1.165) is 25.7 Å². The normalized spacial score (nSPS) is 25.6. The van der Waals surface area contributed by atoms with Crippen molar-refractivity contribution < 1.29 is 24.2 Å². The Kier molecular flexibility index (Phi) is 6.95. The van der Waals surface area contributed by atoms with Gasteiger partial charge in [0, 0.05) is 6.61 Å². The van der Waals surface area contributed by atoms with E-state index in [1.165, 1.54) is 0 Å². The Hall–Kier alpha value is -1.14. The number of hydrogen-bond acceptors (Lipinski definition) is 5. The molecule has 1 heterocycles. The number of amides is 1. The highest BCUT2D eigenvalue weighted by molar-refractivity contribution is 5.91. The molecule has 0 aromatic heterocycles. The van der Waals surface area contributed by atoms with Crippen molar-refractivity contribution in [2.75, 3.05) is 13.2 Å². The summed E-state index contributed by atoms with van der Waals surface area (Å²) in [6.45, 7) is 4.60. The molecule has 0 aromatic rings. The Morgan fingerprint density at radius 1 is 1.30 bits per heavy atom. The van der Waals surface area contributed by atoms with Gasteiger partial charge in [-0.3, -0.25) is 4.79 Å². The molecule has 1 fully saturated rings. The Bertz CT molecular complexity index is 334. The first-order chi connectivity index (χ1) is 9.54. The van der Waals surface area contributed by atoms with E-state index in [2.05, 4.69) is 12.2 Å². The molecule has 0 bridgehead atoms. The van der Waals surface area contributed by atoms with Crippen molar-refractivity contribution in [1.29, 1.82) is 0 Å². The highest BCUT2D eigenvalue weighted by Gasteiger charge is 2.53. The van der Waals surface area contributed by atoms with Crippen molar-refractivity contribution in [1.82, 2.24) is 5.32 Å². The summed E-state index contributed by atoms with van der Waals surface area (Å²) < 4.78 is 10.4. The van der Waals surface area contributed by atoms with Crippen molar-refractivity contribution in [2.24, 2.45) is 0 Å². The first kappa shape index (κ1) is 16.9. The van der Waals surface area contributed by atoms with E-state index in [9.17, 15) is 14.7 Å². The van der Waals surface area contributed by atoms with E-state index in [1.807, 2.05) is 6.92 Å². The van der Waals surface area contributed by atoms with E-state index in [4.69, 9.17) is 9.47 Å². The molecule has 0 saturated carbocycles. The van der Waals surface area contributed by atoms with E-state index >= 15 is 0 Å². The number of aliphatic hydroxyl groups is 1. The zero-order valence-corrected chi connectivity index (χ0v) is 12.3. The largest absolute Gasteiger partial charge is 0.462 e. The maximum Gasteiger partial charge on any atom is 0.362 e. The van der Waals surface area contributed by atoms with Crippen LogP contribution in [0.5, 0.6) is 0 Å². The lowest BCUT2D eigenvalue weighted by Crippen LogP contribution is -2.57. The predicted octanol–water partition coefficient (Wildman–Crippen LogP) is 1.11. The van der Waals surface area contributed by atoms with Gasteiger partial charge in [-0.1, -0.05) is 33.1 Å². The Labute approximate surface area is 119 Å². The lowest BCUT2D eigenvalue weighted by atomic mass is 10.1. The Morgan fingerprint density at radius 3 is 2.70 bits per heavy atom. The summed E-state index contributed by atoms with van der Waals surface area (Å²) >= 11 is 0. The number of hydrogen-bond donors (Lipinski definition) is 2. The molecule has 116 valence electrons. The minimum absolute atomic E-state index is 0.0223. The highest BCUT2D eigenvalue weighted by atomic mass is 16.6. The number of rotatable bonds is 9. The van der Waals surface area contributed by atoms with Crippen molar-refractivity contribution in [3.05, 3.63) is 0 Å². The number of carbonyl (C=O) groups is 2. The van der Waals surface area contributed by atoms with Crippen LogP contribution in [0.25, 0.3) is 0 Å². The fraction of sp³-hybridized carbons (Fsp3) is 0.857. The smallest absolute Gasteiger partial charge is 0.362 e. The third kappa shape index (κ3) is 4.45. The molecule has 0 aromatic carbocycles. The summed E-state index contributed by atoms with van der Waals surface area (Å²) in [6.07, 6.45) is 3.87. The minimum atomic E-state index is -2.04. The third-order valence-corrected chi connectivity index (χ3v) is 3.23. The molecule has 1 rings (SSSR count). The third-order valence-electron chi connectivity index (χ3n) is 3.23. The molecule has 6 nitrogen and oxygen atoms in total. The van der Waals surface area contributed by atoms with Crippen LogP contribution < -0.4 is 5.32 Å². The van der Waals surface area contributed by atoms with Gasteiger partial charge in [-0.05, 0) is 12.8 Å². The highest BCUT2D eigenvalue weighted by Crippen LogP contribution is 2.23. The summed E-state index contributed by atoms with van der Waals surface area (Å²) in [5.41, 5.74) is -2.04. The minimum Gasteiger partial charge on any atom is -0.462 e. The zero-order chi connectivity index (χ0) is 15.0. The Morgan fingerprint density at radius 2 is 2.05 bits per heavy atom. The van der Waals surface area contributed by atoms with Crippen LogP contribution in [-0.2, 0) is 19.1 Å². The number of carbonyl (C=O) groups excluding carboxylic acids is 2. The van der Waals surface area contributed by atoms with Gasteiger partial charge in [-0.25, -0.2) is 4.79 Å². The average molecular weight is 287 g/mol. The van der Waals surface area contributed by atoms with Gasteiger partial charge in [-0.2, -0.15) is 0 Å². The van der Waals surface area contributed by atoms with Crippen LogP contribution in [0, 0.1) is 0 Å². The van der Waals surface area contributed by atoms with Crippen LogP contribution in [0.2, 0.25) is 0 Å². The molecule has 6 heteroatoms. The molecule has 1 aliphatic heterocycles. The Balaban J connectivity index is 2.49. The number of unbranched alkanes of at least 4 members (excludes halogenated alkanes) is 3. The van der Waals surface area contributed by atoms with Gasteiger partial charge in [0.1, 0.15) is 6.10 Å². The number of nitrogens with one attached hydrogen (secondary N) is 1. The van der Waals surface area contributed by atoms with Crippen LogP contribution in [-0.4, -0.2) is 42.0 Å². The average Bonchev–Trinajstić information content (AvgIpc) is 2.71. The monoisotopic (exact) mass is 287 g/mol. The van der Waals surface area contributed by atoms with Crippen LogP contribution in [0.4, 0.5) is 0 Å². The lowest BCUT2D eigenvalue weighted by molar-refractivity contribution is -0.183. The first-order valence-corrected chi connectivity index (χ1v) is 7.36. The van der Waals surface area contributed by atoms with Crippen LogP contribution in [0.15, 0.2) is 0 Å². The lowest BCUT2D eigenvalue weighted by Gasteiger charge is -2.26. The summed E-state index contributed by atoms with van der Waals surface area (Å²) in [4.78, 5) is 23.3. The zero-order valence-electron chi connectivity index (χ0n) is 12.3. The maximum absolute atomic E-state index is 11.9. The second-order valence-corrected chi connectivity index (χ2v) is 5.07. The summed E-state index contributed by atoms with van der Waals surface area (Å²) in [6, 6.07) is 0. The quantitative estimate of drug-likeness (QED) is 0.490. The van der Waals surface area contributed by atoms with E-state index in [0.29, 0.717) is 13.0 Å². The molecule has 0 aliphatic carbocycles. The van der Waals surface area contributed by atoms with Crippen LogP contribution >= 0.6 is 0 Å². The SMILES string of the molecule is CCCCCCOC1CC(=O)N[C@]1(O)C(=O)OCCC. The standard InChI is InChI=1S/C14H25NO5/c1-3-5-6-7-9-19-11-10-12(16)15-14(11,18)13(17)20-8-4-2/h11,18H,3-10H2,1-2H3,(H,15,16)/t11?,14-/m1/s1. The summed E-state index contributed by atoms with van der Waals surface area (Å²) in [5.74, 6) is -1.25. The molecule has 2 N–H and O–H groups in total. The molecule has 1 aliphatic rings. The van der Waals surface area contributed by atoms with E-state index in [-0.39, 0.29) is 13.0 Å². The molecule has 1 saturated heterocycles. The van der Waals surface area contributed by atoms with Crippen molar-refractivity contribution in [3.63, 3.8) is 0 Å². The second kappa shape index (κ2) is 8.21. The van der Waals surface area contributed by atoms with Crippen molar-refractivity contribution >= 4 is 11.9 Å². The molecular formula is C14H25NO5. The molecule has 1 amide bonds. The predicted molar refractivity (Wildman–Crippen MR) is 72.8 cm³/mol.